The molecule has 2 aliphatic rings. The number of nitriles is 1. The Kier molecular flexibility index (Phi) is 7.79. The van der Waals surface area contributed by atoms with E-state index in [-0.39, 0.29) is 46.5 Å². The molecule has 0 radical (unpaired) electrons. The number of fused-ring (bicyclic) bond motifs is 1. The highest BCUT2D eigenvalue weighted by atomic mass is 19.4. The number of hydrogen-bond donors (Lipinski definition) is 1. The van der Waals surface area contributed by atoms with Gasteiger partial charge in [-0.05, 0) is 18.6 Å². The van der Waals surface area contributed by atoms with Crippen molar-refractivity contribution in [1.29, 1.82) is 5.26 Å². The first-order valence-corrected chi connectivity index (χ1v) is 11.3. The van der Waals surface area contributed by atoms with E-state index in [4.69, 9.17) is 0 Å². The van der Waals surface area contributed by atoms with Crippen molar-refractivity contribution in [2.45, 2.75) is 31.8 Å². The van der Waals surface area contributed by atoms with Gasteiger partial charge in [0, 0.05) is 37.5 Å². The average molecular weight is 565 g/mol. The second-order valence-corrected chi connectivity index (χ2v) is 8.34. The van der Waals surface area contributed by atoms with Gasteiger partial charge in [0.2, 0.25) is 5.95 Å². The summed E-state index contributed by atoms with van der Waals surface area (Å²) < 4.78 is 79.0. The van der Waals surface area contributed by atoms with Gasteiger partial charge in [-0.15, -0.1) is 23.4 Å². The van der Waals surface area contributed by atoms with Gasteiger partial charge in [0.15, 0.2) is 23.1 Å². The maximum atomic E-state index is 12.9. The fourth-order valence-corrected chi connectivity index (χ4v) is 3.60. The number of ketones is 1. The number of hydrogen-bond acceptors (Lipinski definition) is 10. The summed E-state index contributed by atoms with van der Waals surface area (Å²) in [5, 5.41) is 17.1. The number of nitrogens with one attached hydrogen (secondary N) is 1. The molecule has 40 heavy (non-hydrogen) atoms. The molecule has 0 saturated carbocycles. The van der Waals surface area contributed by atoms with Gasteiger partial charge in [-0.3, -0.25) is 9.78 Å². The van der Waals surface area contributed by atoms with Crippen LogP contribution in [-0.4, -0.2) is 60.9 Å². The van der Waals surface area contributed by atoms with E-state index in [1.807, 2.05) is 6.07 Å². The summed E-state index contributed by atoms with van der Waals surface area (Å²) in [6.07, 6.45) is -6.43. The number of halogens is 6. The van der Waals surface area contributed by atoms with Gasteiger partial charge in [0.05, 0.1) is 24.4 Å². The van der Waals surface area contributed by atoms with Crippen LogP contribution in [0.1, 0.15) is 39.7 Å². The third-order valence-corrected chi connectivity index (χ3v) is 5.47. The zero-order valence-corrected chi connectivity index (χ0v) is 20.4. The number of carbonyl (C=O) groups excluding carboxylic acids is 1. The zero-order valence-electron chi connectivity index (χ0n) is 20.4. The maximum Gasteiger partial charge on any atom is 0.573 e. The highest BCUT2D eigenvalue weighted by Gasteiger charge is 2.33. The molecule has 0 atom stereocenters. The molecule has 0 bridgehead atoms. The monoisotopic (exact) mass is 565 g/mol. The van der Waals surface area contributed by atoms with E-state index in [0.29, 0.717) is 25.5 Å². The molecule has 0 spiro atoms. The van der Waals surface area contributed by atoms with Gasteiger partial charge in [-0.2, -0.15) is 23.4 Å². The van der Waals surface area contributed by atoms with Crippen molar-refractivity contribution in [3.8, 4) is 23.2 Å². The van der Waals surface area contributed by atoms with Crippen molar-refractivity contribution in [2.75, 3.05) is 18.5 Å². The van der Waals surface area contributed by atoms with Crippen LogP contribution in [0.4, 0.5) is 32.3 Å². The fraction of sp³-hybridized carbons (Fsp3) is 0.304. The topological polar surface area (TPSA) is 146 Å². The van der Waals surface area contributed by atoms with Crippen LogP contribution in [0.15, 0.2) is 30.7 Å². The maximum absolute atomic E-state index is 12.9. The molecule has 0 aliphatic carbocycles. The highest BCUT2D eigenvalue weighted by Crippen LogP contribution is 2.29. The summed E-state index contributed by atoms with van der Waals surface area (Å²) in [6, 6.07) is 3.58. The molecule has 4 heterocycles. The van der Waals surface area contributed by atoms with Crippen LogP contribution in [0, 0.1) is 11.3 Å². The Morgan fingerprint density at radius 1 is 1.07 bits per heavy atom. The van der Waals surface area contributed by atoms with Crippen molar-refractivity contribution in [3.05, 3.63) is 59.2 Å². The Bertz CT molecular complexity index is 1500. The first kappa shape index (κ1) is 28.1. The van der Waals surface area contributed by atoms with E-state index in [1.165, 1.54) is 0 Å². The lowest BCUT2D eigenvalue weighted by molar-refractivity contribution is -0.274. The minimum absolute atomic E-state index is 0.0705. The number of aromatic nitrogens is 7. The number of anilines is 1. The van der Waals surface area contributed by atoms with Crippen molar-refractivity contribution in [2.24, 2.45) is 0 Å². The first-order chi connectivity index (χ1) is 18.8. The van der Waals surface area contributed by atoms with Gasteiger partial charge < -0.3 is 14.6 Å². The predicted octanol–water partition coefficient (Wildman–Crippen LogP) is 3.77. The number of ether oxygens (including phenoxy) is 1. The second-order valence-electron chi connectivity index (χ2n) is 8.34. The smallest absolute Gasteiger partial charge is 0.402 e. The summed E-state index contributed by atoms with van der Waals surface area (Å²) in [5.74, 6) is -0.498. The van der Waals surface area contributed by atoms with Gasteiger partial charge in [0.1, 0.15) is 17.6 Å². The van der Waals surface area contributed by atoms with Crippen LogP contribution in [-0.2, 0) is 19.0 Å². The van der Waals surface area contributed by atoms with Gasteiger partial charge in [0.25, 0.3) is 0 Å². The molecule has 11 nitrogen and oxygen atoms in total. The number of aromatic amines is 1. The molecule has 208 valence electrons. The molecule has 0 aromatic carbocycles. The molecular formula is C23H17F6N9O2. The number of alkyl halides is 6. The van der Waals surface area contributed by atoms with Crippen LogP contribution in [0.2, 0.25) is 0 Å². The van der Waals surface area contributed by atoms with Crippen molar-refractivity contribution in [1.82, 2.24) is 35.1 Å². The number of carbonyl (C=O) groups is 1. The average Bonchev–Trinajstić information content (AvgIpc) is 3.32. The third-order valence-electron chi connectivity index (χ3n) is 5.47. The number of aryl methyl sites for hydroxylation is 1. The molecule has 0 saturated heterocycles. The summed E-state index contributed by atoms with van der Waals surface area (Å²) >= 11 is 0. The fourth-order valence-electron chi connectivity index (χ4n) is 3.60. The quantitative estimate of drug-likeness (QED) is 0.235. The molecule has 0 amide bonds. The molecule has 1 N–H and O–H groups in total. The van der Waals surface area contributed by atoms with Crippen molar-refractivity contribution < 1.29 is 35.9 Å². The van der Waals surface area contributed by atoms with E-state index in [2.05, 4.69) is 39.9 Å². The number of Topliss-reactive ketones (excluding diaryl/α,β-unsaturated/α-hetero) is 1. The lowest BCUT2D eigenvalue weighted by atomic mass is 10.0. The molecule has 17 heteroatoms. The molecule has 4 rings (SSSR count). The molecule has 0 fully saturated rings. The van der Waals surface area contributed by atoms with Crippen LogP contribution in [0.5, 0.6) is 5.75 Å². The zero-order chi connectivity index (χ0) is 29.1. The van der Waals surface area contributed by atoms with Crippen LogP contribution in [0.25, 0.3) is 11.4 Å². The molecule has 0 unspecified atom stereocenters. The molecule has 2 aromatic heterocycles. The number of H-pyrrole nitrogens is 1. The number of pyridine rings is 1. The predicted molar refractivity (Wildman–Crippen MR) is 123 cm³/mol. The third kappa shape index (κ3) is 6.76. The lowest BCUT2D eigenvalue weighted by Gasteiger charge is -2.20. The van der Waals surface area contributed by atoms with Gasteiger partial charge >= 0.3 is 12.5 Å². The minimum atomic E-state index is -4.85. The standard InChI is InChI=1S/C23H17F6N9O2/c1-38(6-2-3-18-32-10-13(11-33-18)40-23(27,28)29)21-34-14(19-15(8-30)36-37-20(19)35-21)7-16(39)12-4-5-17(31-9-12)22(24,25)26/h4-5,9-11H,2-3,6-7H2,1H3,(H,34,35,36,37). The van der Waals surface area contributed by atoms with E-state index in [1.54, 1.807) is 11.9 Å². The van der Waals surface area contributed by atoms with Crippen LogP contribution >= 0.6 is 0 Å². The van der Waals surface area contributed by atoms with Crippen LogP contribution < -0.4 is 9.64 Å². The first-order valence-electron chi connectivity index (χ1n) is 11.3. The highest BCUT2D eigenvalue weighted by molar-refractivity contribution is 5.98. The number of nitrogens with zero attached hydrogens (tertiary/aromatic N) is 8. The Morgan fingerprint density at radius 2 is 1.80 bits per heavy atom. The second kappa shape index (κ2) is 11.1. The lowest BCUT2D eigenvalue weighted by Crippen LogP contribution is -2.23. The van der Waals surface area contributed by atoms with Crippen LogP contribution in [0.3, 0.4) is 0 Å². The van der Waals surface area contributed by atoms with Crippen molar-refractivity contribution in [3.63, 3.8) is 0 Å². The summed E-state index contributed by atoms with van der Waals surface area (Å²) in [4.78, 5) is 32.8. The SMILES string of the molecule is CN(CCCc1ncc(OC(F)(F)F)cn1)c1nc2nnc(C#N)c-2c(CC(=O)c2ccc(C(F)(F)F)nc2)[nH]1. The summed E-state index contributed by atoms with van der Waals surface area (Å²) in [5.41, 5.74) is -0.877. The van der Waals surface area contributed by atoms with Gasteiger partial charge in [-0.1, -0.05) is 0 Å². The molecule has 2 aromatic rings. The summed E-state index contributed by atoms with van der Waals surface area (Å²) in [6.45, 7) is 0.356. The van der Waals surface area contributed by atoms with Gasteiger partial charge in [-0.25, -0.2) is 9.97 Å². The summed E-state index contributed by atoms with van der Waals surface area (Å²) in [7, 11) is 1.67. The Labute approximate surface area is 221 Å². The Morgan fingerprint density at radius 3 is 2.40 bits per heavy atom. The van der Waals surface area contributed by atoms with Crippen molar-refractivity contribution >= 4 is 11.7 Å². The van der Waals surface area contributed by atoms with E-state index >= 15 is 0 Å². The minimum Gasteiger partial charge on any atom is -0.402 e. The number of rotatable bonds is 9. The largest absolute Gasteiger partial charge is 0.573 e. The van der Waals surface area contributed by atoms with E-state index in [9.17, 15) is 36.4 Å². The molecule has 2 aliphatic heterocycles. The molecular weight excluding hydrogens is 548 g/mol. The Hall–Kier alpha value is -4.88. The Balaban J connectivity index is 1.48. The van der Waals surface area contributed by atoms with E-state index in [0.717, 1.165) is 24.7 Å². The normalized spacial score (nSPS) is 11.8. The van der Waals surface area contributed by atoms with E-state index < -0.39 is 29.8 Å².